The molecule has 0 unspecified atom stereocenters. The van der Waals surface area contributed by atoms with Gasteiger partial charge in [-0.2, -0.15) is 5.10 Å². The molecule has 1 N–H and O–H groups in total. The van der Waals surface area contributed by atoms with Gasteiger partial charge in [-0.1, -0.05) is 42.5 Å². The zero-order valence-electron chi connectivity index (χ0n) is 16.9. The minimum absolute atomic E-state index is 0.483. The second-order valence-electron chi connectivity index (χ2n) is 7.27. The number of nitrogens with zero attached hydrogens (tertiary/aromatic N) is 3. The van der Waals surface area contributed by atoms with Crippen molar-refractivity contribution in [3.05, 3.63) is 83.2 Å². The molecule has 148 valence electrons. The largest absolute Gasteiger partial charge is 0.492 e. The van der Waals surface area contributed by atoms with Gasteiger partial charge in [0.1, 0.15) is 12.4 Å². The third-order valence-corrected chi connectivity index (χ3v) is 4.72. The average Bonchev–Trinajstić information content (AvgIpc) is 3.01. The first-order valence-electron chi connectivity index (χ1n) is 9.65. The summed E-state index contributed by atoms with van der Waals surface area (Å²) in [6.45, 7) is 6.74. The molecule has 1 aromatic heterocycles. The summed E-state index contributed by atoms with van der Waals surface area (Å²) in [5.41, 5.74) is 4.31. The lowest BCUT2D eigenvalue weighted by atomic mass is 10.1. The SMILES string of the molecule is Cc1cc(C)n(CCOc2ccc(CN(C)C[C@H](O)c3ccccc3)cc2)n1. The summed E-state index contributed by atoms with van der Waals surface area (Å²) in [6.07, 6.45) is -0.483. The van der Waals surface area contributed by atoms with E-state index in [-0.39, 0.29) is 0 Å². The lowest BCUT2D eigenvalue weighted by molar-refractivity contribution is 0.124. The molecule has 3 aromatic rings. The van der Waals surface area contributed by atoms with Gasteiger partial charge in [-0.15, -0.1) is 0 Å². The lowest BCUT2D eigenvalue weighted by Gasteiger charge is -2.21. The lowest BCUT2D eigenvalue weighted by Crippen LogP contribution is -2.24. The molecule has 0 radical (unpaired) electrons. The van der Waals surface area contributed by atoms with Crippen molar-refractivity contribution in [2.24, 2.45) is 0 Å². The topological polar surface area (TPSA) is 50.5 Å². The molecule has 0 aliphatic heterocycles. The zero-order chi connectivity index (χ0) is 19.9. The van der Waals surface area contributed by atoms with E-state index in [1.165, 1.54) is 5.56 Å². The van der Waals surface area contributed by atoms with Crippen LogP contribution in [0.15, 0.2) is 60.7 Å². The smallest absolute Gasteiger partial charge is 0.119 e. The van der Waals surface area contributed by atoms with Crippen LogP contribution in [0.5, 0.6) is 5.75 Å². The maximum absolute atomic E-state index is 10.4. The van der Waals surface area contributed by atoms with Crippen molar-refractivity contribution in [2.75, 3.05) is 20.2 Å². The number of hydrogen-bond donors (Lipinski definition) is 1. The van der Waals surface area contributed by atoms with E-state index >= 15 is 0 Å². The summed E-state index contributed by atoms with van der Waals surface area (Å²) >= 11 is 0. The Morgan fingerprint density at radius 1 is 1.07 bits per heavy atom. The molecular weight excluding hydrogens is 350 g/mol. The molecule has 0 amide bonds. The highest BCUT2D eigenvalue weighted by Crippen LogP contribution is 2.17. The number of likely N-dealkylation sites (N-methyl/N-ethyl adjacent to an activating group) is 1. The van der Waals surface area contributed by atoms with Crippen LogP contribution in [0, 0.1) is 13.8 Å². The molecule has 0 aliphatic rings. The van der Waals surface area contributed by atoms with Gasteiger partial charge in [0.25, 0.3) is 0 Å². The normalized spacial score (nSPS) is 12.3. The molecular formula is C23H29N3O2. The Morgan fingerprint density at radius 3 is 2.43 bits per heavy atom. The van der Waals surface area contributed by atoms with Crippen molar-refractivity contribution in [3.8, 4) is 5.75 Å². The van der Waals surface area contributed by atoms with Crippen molar-refractivity contribution in [2.45, 2.75) is 33.0 Å². The van der Waals surface area contributed by atoms with E-state index in [1.807, 2.05) is 61.1 Å². The average molecular weight is 380 g/mol. The molecule has 0 saturated carbocycles. The highest BCUT2D eigenvalue weighted by Gasteiger charge is 2.10. The molecule has 2 aromatic carbocycles. The fourth-order valence-electron chi connectivity index (χ4n) is 3.29. The van der Waals surface area contributed by atoms with Crippen molar-refractivity contribution in [1.82, 2.24) is 14.7 Å². The van der Waals surface area contributed by atoms with Gasteiger partial charge in [0, 0.05) is 18.8 Å². The van der Waals surface area contributed by atoms with E-state index in [2.05, 4.69) is 35.1 Å². The van der Waals surface area contributed by atoms with Crippen LogP contribution in [0.25, 0.3) is 0 Å². The summed E-state index contributed by atoms with van der Waals surface area (Å²) in [6, 6.07) is 20.0. The van der Waals surface area contributed by atoms with Crippen LogP contribution in [0.2, 0.25) is 0 Å². The van der Waals surface area contributed by atoms with Crippen LogP contribution in [0.4, 0.5) is 0 Å². The maximum Gasteiger partial charge on any atom is 0.119 e. The van der Waals surface area contributed by atoms with Crippen LogP contribution in [-0.4, -0.2) is 40.0 Å². The van der Waals surface area contributed by atoms with E-state index in [0.717, 1.165) is 35.8 Å². The third kappa shape index (κ3) is 5.68. The van der Waals surface area contributed by atoms with E-state index in [0.29, 0.717) is 13.2 Å². The number of benzene rings is 2. The number of hydrogen-bond acceptors (Lipinski definition) is 4. The molecule has 5 nitrogen and oxygen atoms in total. The second kappa shape index (κ2) is 9.53. The van der Waals surface area contributed by atoms with Crippen molar-refractivity contribution >= 4 is 0 Å². The summed E-state index contributed by atoms with van der Waals surface area (Å²) in [4.78, 5) is 2.12. The molecule has 5 heteroatoms. The molecule has 0 aliphatic carbocycles. The molecule has 1 atom stereocenters. The summed E-state index contributed by atoms with van der Waals surface area (Å²) < 4.78 is 7.81. The van der Waals surface area contributed by atoms with Crippen molar-refractivity contribution in [3.63, 3.8) is 0 Å². The Balaban J connectivity index is 1.45. The summed E-state index contributed by atoms with van der Waals surface area (Å²) in [5, 5.41) is 14.8. The number of aryl methyl sites for hydroxylation is 2. The van der Waals surface area contributed by atoms with Crippen LogP contribution in [-0.2, 0) is 13.1 Å². The minimum atomic E-state index is -0.483. The quantitative estimate of drug-likeness (QED) is 0.615. The van der Waals surface area contributed by atoms with Gasteiger partial charge >= 0.3 is 0 Å². The predicted octanol–water partition coefficient (Wildman–Crippen LogP) is 3.74. The number of aliphatic hydroxyl groups excluding tert-OH is 1. The first-order chi connectivity index (χ1) is 13.5. The number of rotatable bonds is 9. The van der Waals surface area contributed by atoms with Crippen LogP contribution in [0.1, 0.15) is 28.6 Å². The summed E-state index contributed by atoms with van der Waals surface area (Å²) in [5.74, 6) is 0.859. The fourth-order valence-corrected chi connectivity index (χ4v) is 3.29. The van der Waals surface area contributed by atoms with Crippen LogP contribution in [0.3, 0.4) is 0 Å². The molecule has 0 bridgehead atoms. The van der Waals surface area contributed by atoms with Gasteiger partial charge in [0.2, 0.25) is 0 Å². The molecule has 0 fully saturated rings. The van der Waals surface area contributed by atoms with Gasteiger partial charge in [0.05, 0.1) is 18.3 Å². The first kappa shape index (κ1) is 20.1. The Bertz CT molecular complexity index is 859. The Kier molecular flexibility index (Phi) is 6.85. The molecule has 0 saturated heterocycles. The van der Waals surface area contributed by atoms with Crippen molar-refractivity contribution in [1.29, 1.82) is 0 Å². The first-order valence-corrected chi connectivity index (χ1v) is 9.65. The Hall–Kier alpha value is -2.63. The van der Waals surface area contributed by atoms with E-state index in [4.69, 9.17) is 4.74 Å². The molecule has 28 heavy (non-hydrogen) atoms. The highest BCUT2D eigenvalue weighted by atomic mass is 16.5. The van der Waals surface area contributed by atoms with Gasteiger partial charge in [-0.05, 0) is 50.2 Å². The minimum Gasteiger partial charge on any atom is -0.492 e. The Morgan fingerprint density at radius 2 is 1.79 bits per heavy atom. The summed E-state index contributed by atoms with van der Waals surface area (Å²) in [7, 11) is 2.02. The van der Waals surface area contributed by atoms with Gasteiger partial charge in [0.15, 0.2) is 0 Å². The predicted molar refractivity (Wildman–Crippen MR) is 111 cm³/mol. The van der Waals surface area contributed by atoms with E-state index < -0.39 is 6.10 Å². The molecule has 0 spiro atoms. The van der Waals surface area contributed by atoms with Crippen molar-refractivity contribution < 1.29 is 9.84 Å². The fraction of sp³-hybridized carbons (Fsp3) is 0.348. The van der Waals surface area contributed by atoms with Gasteiger partial charge in [-0.25, -0.2) is 0 Å². The number of aliphatic hydroxyl groups is 1. The highest BCUT2D eigenvalue weighted by molar-refractivity contribution is 5.27. The number of ether oxygens (including phenoxy) is 1. The Labute approximate surface area is 167 Å². The molecule has 3 rings (SSSR count). The van der Waals surface area contributed by atoms with E-state index in [1.54, 1.807) is 0 Å². The standard InChI is InChI=1S/C23H29N3O2/c1-18-15-19(2)26(24-18)13-14-28-22-11-9-20(10-12-22)16-25(3)17-23(27)21-7-5-4-6-8-21/h4-12,15,23,27H,13-14,16-17H2,1-3H3/t23-/m0/s1. The van der Waals surface area contributed by atoms with Gasteiger partial charge in [-0.3, -0.25) is 9.58 Å². The second-order valence-corrected chi connectivity index (χ2v) is 7.27. The van der Waals surface area contributed by atoms with E-state index in [9.17, 15) is 5.11 Å². The maximum atomic E-state index is 10.4. The van der Waals surface area contributed by atoms with Gasteiger partial charge < -0.3 is 9.84 Å². The zero-order valence-corrected chi connectivity index (χ0v) is 16.9. The monoisotopic (exact) mass is 379 g/mol. The number of aromatic nitrogens is 2. The third-order valence-electron chi connectivity index (χ3n) is 4.72. The van der Waals surface area contributed by atoms with Crippen LogP contribution < -0.4 is 4.74 Å². The van der Waals surface area contributed by atoms with Crippen LogP contribution >= 0.6 is 0 Å². The molecule has 1 heterocycles.